The van der Waals surface area contributed by atoms with Gasteiger partial charge in [0.25, 0.3) is 0 Å². The van der Waals surface area contributed by atoms with E-state index in [1.807, 2.05) is 6.92 Å². The molecule has 5 N–H and O–H groups in total. The third kappa shape index (κ3) is 38.1. The predicted octanol–water partition coefficient (Wildman–Crippen LogP) is -1.30. The molecule has 0 rings (SSSR count). The number of aliphatic hydroxyl groups is 5. The van der Waals surface area contributed by atoms with Gasteiger partial charge in [-0.25, -0.2) is 0 Å². The molecule has 7 heteroatoms. The Morgan fingerprint density at radius 3 is 1.63 bits per heavy atom. The maximum absolute atomic E-state index is 10.7. The van der Waals surface area contributed by atoms with Gasteiger partial charge >= 0.3 is 0 Å². The van der Waals surface area contributed by atoms with Crippen molar-refractivity contribution in [1.82, 2.24) is 0 Å². The van der Waals surface area contributed by atoms with Crippen molar-refractivity contribution in [1.29, 1.82) is 0 Å². The van der Waals surface area contributed by atoms with E-state index in [0.29, 0.717) is 26.1 Å². The molecular formula is C12H28O7. The lowest BCUT2D eigenvalue weighted by Gasteiger charge is -1.99. The van der Waals surface area contributed by atoms with Crippen LogP contribution in [0, 0.1) is 0 Å². The summed E-state index contributed by atoms with van der Waals surface area (Å²) in [5.41, 5.74) is 0. The Morgan fingerprint density at radius 2 is 1.32 bits per heavy atom. The number of carbonyl (C=O) groups excluding carboxylic acids is 1. The molecule has 0 aliphatic carbocycles. The van der Waals surface area contributed by atoms with Crippen LogP contribution in [0.2, 0.25) is 0 Å². The molecule has 0 aromatic heterocycles. The number of carbonyl (C=O) groups is 1. The summed E-state index contributed by atoms with van der Waals surface area (Å²) in [7, 11) is 0. The summed E-state index contributed by atoms with van der Waals surface area (Å²) in [5.74, 6) is 0.276. The minimum atomic E-state index is -0.125. The van der Waals surface area contributed by atoms with Crippen LogP contribution in [0.15, 0.2) is 0 Å². The molecule has 19 heavy (non-hydrogen) atoms. The van der Waals surface area contributed by atoms with Crippen molar-refractivity contribution < 1.29 is 35.1 Å². The lowest BCUT2D eigenvalue weighted by molar-refractivity contribution is -0.119. The van der Waals surface area contributed by atoms with E-state index in [9.17, 15) is 4.79 Å². The Balaban J connectivity index is -0.000000264. The third-order valence-corrected chi connectivity index (χ3v) is 1.57. The molecule has 0 aliphatic heterocycles. The molecule has 0 heterocycles. The van der Waals surface area contributed by atoms with E-state index >= 15 is 0 Å². The number of aliphatic hydroxyl groups excluding tert-OH is 5. The highest BCUT2D eigenvalue weighted by Crippen LogP contribution is 1.94. The number of ether oxygens (including phenoxy) is 1. The lowest BCUT2D eigenvalue weighted by atomic mass is 10.2. The summed E-state index contributed by atoms with van der Waals surface area (Å²) in [6.45, 7) is 2.37. The summed E-state index contributed by atoms with van der Waals surface area (Å²) >= 11 is 0. The fraction of sp³-hybridized carbons (Fsp3) is 0.917. The second-order valence-corrected chi connectivity index (χ2v) is 3.23. The highest BCUT2D eigenvalue weighted by atomic mass is 16.5. The Hall–Kier alpha value is -0.570. The van der Waals surface area contributed by atoms with Gasteiger partial charge in [0, 0.05) is 19.4 Å². The van der Waals surface area contributed by atoms with Crippen molar-refractivity contribution in [2.45, 2.75) is 26.2 Å². The van der Waals surface area contributed by atoms with Crippen LogP contribution >= 0.6 is 0 Å². The summed E-state index contributed by atoms with van der Waals surface area (Å²) in [6.07, 6.45) is 1.98. The maximum Gasteiger partial charge on any atom is 0.132 e. The first kappa shape index (κ1) is 23.5. The zero-order valence-corrected chi connectivity index (χ0v) is 11.6. The second-order valence-electron chi connectivity index (χ2n) is 3.23. The van der Waals surface area contributed by atoms with Crippen LogP contribution in [0.25, 0.3) is 0 Å². The normalized spacial score (nSPS) is 8.95. The SMILES string of the molecule is CCC(=O)CCCOCCO.OCCO.OCCO. The summed E-state index contributed by atoms with van der Waals surface area (Å²) in [5, 5.41) is 38.8. The standard InChI is InChI=1S/C8H16O3.2C2H6O2/c1-2-8(10)4-3-6-11-7-5-9;2*3-1-2-4/h9H,2-7H2,1H3;2*3-4H,1-2H2. The third-order valence-electron chi connectivity index (χ3n) is 1.57. The van der Waals surface area contributed by atoms with Gasteiger partial charge in [0.15, 0.2) is 0 Å². The van der Waals surface area contributed by atoms with E-state index in [-0.39, 0.29) is 38.8 Å². The zero-order valence-electron chi connectivity index (χ0n) is 11.6. The number of hydrogen-bond donors (Lipinski definition) is 5. The number of Topliss-reactive ketones (excluding diaryl/α,β-unsaturated/α-hetero) is 1. The van der Waals surface area contributed by atoms with Crippen molar-refractivity contribution >= 4 is 5.78 Å². The first-order chi connectivity index (χ1) is 9.14. The van der Waals surface area contributed by atoms with Gasteiger partial charge in [-0.3, -0.25) is 4.79 Å². The van der Waals surface area contributed by atoms with E-state index in [0.717, 1.165) is 6.42 Å². The molecule has 0 saturated heterocycles. The van der Waals surface area contributed by atoms with Crippen LogP contribution in [-0.4, -0.2) is 77.6 Å². The average molecular weight is 284 g/mol. The van der Waals surface area contributed by atoms with Gasteiger partial charge in [-0.1, -0.05) is 6.92 Å². The van der Waals surface area contributed by atoms with Crippen molar-refractivity contribution in [2.75, 3.05) is 46.2 Å². The van der Waals surface area contributed by atoms with E-state index in [1.165, 1.54) is 0 Å². The average Bonchev–Trinajstić information content (AvgIpc) is 2.47. The summed E-state index contributed by atoms with van der Waals surface area (Å²) in [6, 6.07) is 0. The van der Waals surface area contributed by atoms with Gasteiger partial charge < -0.3 is 30.3 Å². The van der Waals surface area contributed by atoms with Crippen molar-refractivity contribution in [3.8, 4) is 0 Å². The van der Waals surface area contributed by atoms with Gasteiger partial charge in [0.1, 0.15) is 5.78 Å². The number of rotatable bonds is 9. The molecule has 7 nitrogen and oxygen atoms in total. The molecule has 0 saturated carbocycles. The van der Waals surface area contributed by atoms with Gasteiger partial charge in [-0.05, 0) is 6.42 Å². The second kappa shape index (κ2) is 26.1. The topological polar surface area (TPSA) is 127 Å². The minimum Gasteiger partial charge on any atom is -0.394 e. The molecule has 0 unspecified atom stereocenters. The molecule has 0 aromatic rings. The molecule has 0 radical (unpaired) electrons. The Kier molecular flexibility index (Phi) is 32.3. The molecule has 0 bridgehead atoms. The molecule has 0 aromatic carbocycles. The van der Waals surface area contributed by atoms with Crippen LogP contribution < -0.4 is 0 Å². The quantitative estimate of drug-likeness (QED) is 0.333. The monoisotopic (exact) mass is 284 g/mol. The first-order valence-corrected chi connectivity index (χ1v) is 6.28. The van der Waals surface area contributed by atoms with E-state index in [1.54, 1.807) is 0 Å². The van der Waals surface area contributed by atoms with Crippen molar-refractivity contribution in [3.05, 3.63) is 0 Å². The Bertz CT molecular complexity index is 145. The maximum atomic E-state index is 10.7. The lowest BCUT2D eigenvalue weighted by Crippen LogP contribution is -2.03. The summed E-state index contributed by atoms with van der Waals surface area (Å²) < 4.78 is 4.98. The smallest absolute Gasteiger partial charge is 0.132 e. The van der Waals surface area contributed by atoms with Crippen LogP contribution in [-0.2, 0) is 9.53 Å². The summed E-state index contributed by atoms with van der Waals surface area (Å²) in [4.78, 5) is 10.7. The number of hydrogen-bond acceptors (Lipinski definition) is 7. The molecule has 118 valence electrons. The Labute approximate surface area is 114 Å². The first-order valence-electron chi connectivity index (χ1n) is 6.28. The fourth-order valence-corrected chi connectivity index (χ4v) is 0.715. The van der Waals surface area contributed by atoms with Gasteiger partial charge in [-0.2, -0.15) is 0 Å². The van der Waals surface area contributed by atoms with E-state index < -0.39 is 0 Å². The van der Waals surface area contributed by atoms with Crippen molar-refractivity contribution in [2.24, 2.45) is 0 Å². The molecule has 0 fully saturated rings. The fourth-order valence-electron chi connectivity index (χ4n) is 0.715. The minimum absolute atomic E-state index is 0.0573. The van der Waals surface area contributed by atoms with Gasteiger partial charge in [-0.15, -0.1) is 0 Å². The predicted molar refractivity (Wildman–Crippen MR) is 70.8 cm³/mol. The zero-order chi connectivity index (χ0) is 15.4. The molecule has 0 aliphatic rings. The molecule has 0 amide bonds. The number of ketones is 1. The Morgan fingerprint density at radius 1 is 0.842 bits per heavy atom. The van der Waals surface area contributed by atoms with E-state index in [2.05, 4.69) is 0 Å². The van der Waals surface area contributed by atoms with Gasteiger partial charge in [0.2, 0.25) is 0 Å². The van der Waals surface area contributed by atoms with Gasteiger partial charge in [0.05, 0.1) is 39.6 Å². The van der Waals surface area contributed by atoms with Crippen molar-refractivity contribution in [3.63, 3.8) is 0 Å². The highest BCUT2D eigenvalue weighted by Gasteiger charge is 1.96. The molecule has 0 spiro atoms. The highest BCUT2D eigenvalue weighted by molar-refractivity contribution is 5.77. The van der Waals surface area contributed by atoms with Crippen LogP contribution in [0.1, 0.15) is 26.2 Å². The van der Waals surface area contributed by atoms with Crippen LogP contribution in [0.5, 0.6) is 0 Å². The van der Waals surface area contributed by atoms with Crippen LogP contribution in [0.4, 0.5) is 0 Å². The van der Waals surface area contributed by atoms with E-state index in [4.69, 9.17) is 30.3 Å². The molecule has 0 atom stereocenters. The van der Waals surface area contributed by atoms with Crippen LogP contribution in [0.3, 0.4) is 0 Å². The largest absolute Gasteiger partial charge is 0.394 e. The molecular weight excluding hydrogens is 256 g/mol.